The zero-order valence-electron chi connectivity index (χ0n) is 11.1. The third-order valence-corrected chi connectivity index (χ3v) is 3.41. The van der Waals surface area contributed by atoms with Crippen LogP contribution in [0.2, 0.25) is 0 Å². The number of nitrogens with zero attached hydrogens (tertiary/aromatic N) is 1. The molecule has 4 nitrogen and oxygen atoms in total. The lowest BCUT2D eigenvalue weighted by Crippen LogP contribution is -2.23. The van der Waals surface area contributed by atoms with Crippen LogP contribution in [0.3, 0.4) is 0 Å². The van der Waals surface area contributed by atoms with Crippen LogP contribution in [0.5, 0.6) is 0 Å². The van der Waals surface area contributed by atoms with Gasteiger partial charge in [-0.1, -0.05) is 30.0 Å². The maximum absolute atomic E-state index is 11.9. The second kappa shape index (κ2) is 6.85. The smallest absolute Gasteiger partial charge is 0.271 e. The van der Waals surface area contributed by atoms with E-state index in [1.165, 1.54) is 11.3 Å². The van der Waals surface area contributed by atoms with E-state index >= 15 is 0 Å². The molecule has 0 saturated heterocycles. The normalized spacial score (nSPS) is 9.70. The first kappa shape index (κ1) is 14.3. The Morgan fingerprint density at radius 3 is 2.95 bits per heavy atom. The Hall–Kier alpha value is -2.16. The summed E-state index contributed by atoms with van der Waals surface area (Å²) in [6.07, 6.45) is 0. The molecule has 1 amide bonds. The van der Waals surface area contributed by atoms with E-state index in [1.54, 1.807) is 5.38 Å². The number of carbonyl (C=O) groups is 1. The van der Waals surface area contributed by atoms with Crippen molar-refractivity contribution in [3.63, 3.8) is 0 Å². The number of aromatic nitrogens is 1. The second-order valence-electron chi connectivity index (χ2n) is 4.10. The number of hydrogen-bond donors (Lipinski definition) is 2. The lowest BCUT2D eigenvalue weighted by atomic mass is 10.1. The van der Waals surface area contributed by atoms with E-state index in [2.05, 4.69) is 22.1 Å². The van der Waals surface area contributed by atoms with Gasteiger partial charge in [-0.15, -0.1) is 11.3 Å². The summed E-state index contributed by atoms with van der Waals surface area (Å²) in [7, 11) is 0. The van der Waals surface area contributed by atoms with Gasteiger partial charge in [0, 0.05) is 17.5 Å². The second-order valence-corrected chi connectivity index (χ2v) is 5.16. The summed E-state index contributed by atoms with van der Waals surface area (Å²) in [6.45, 7) is 2.61. The summed E-state index contributed by atoms with van der Waals surface area (Å²) in [6, 6.07) is 7.68. The first-order valence-electron chi connectivity index (χ1n) is 6.18. The number of hydrogen-bond acceptors (Lipinski definition) is 4. The van der Waals surface area contributed by atoms with E-state index in [0.717, 1.165) is 16.1 Å². The quantitative estimate of drug-likeness (QED) is 0.843. The van der Waals surface area contributed by atoms with Crippen molar-refractivity contribution in [1.82, 2.24) is 10.3 Å². The molecule has 0 unspecified atom stereocenters. The largest absolute Gasteiger partial charge is 0.347 e. The van der Waals surface area contributed by atoms with Crippen molar-refractivity contribution in [3.8, 4) is 11.8 Å². The van der Waals surface area contributed by atoms with Crippen LogP contribution in [0.25, 0.3) is 0 Å². The molecule has 1 aromatic carbocycles. The minimum Gasteiger partial charge on any atom is -0.347 e. The predicted octanol–water partition coefficient (Wildman–Crippen LogP) is 1.69. The molecule has 2 aromatic rings. The Bertz CT molecular complexity index is 667. The van der Waals surface area contributed by atoms with Crippen LogP contribution in [0.1, 0.15) is 26.6 Å². The summed E-state index contributed by atoms with van der Waals surface area (Å²) >= 11 is 1.46. The van der Waals surface area contributed by atoms with Gasteiger partial charge in [-0.05, 0) is 18.6 Å². The standard InChI is InChI=1S/C15H15N3OS/c1-11-18-14(10-20-11)15(19)17-9-13-6-3-2-5-12(13)7-4-8-16/h2-3,5-6,10H,8-9,16H2,1H3,(H,17,19). The number of amides is 1. The van der Waals surface area contributed by atoms with Gasteiger partial charge in [0.25, 0.3) is 5.91 Å². The first-order valence-corrected chi connectivity index (χ1v) is 7.06. The van der Waals surface area contributed by atoms with Gasteiger partial charge in [0.1, 0.15) is 5.69 Å². The zero-order valence-corrected chi connectivity index (χ0v) is 12.0. The minimum absolute atomic E-state index is 0.170. The van der Waals surface area contributed by atoms with E-state index in [4.69, 9.17) is 5.73 Å². The maximum Gasteiger partial charge on any atom is 0.271 e. The molecular weight excluding hydrogens is 270 g/mol. The molecule has 0 radical (unpaired) electrons. The van der Waals surface area contributed by atoms with Gasteiger partial charge in [-0.25, -0.2) is 4.98 Å². The van der Waals surface area contributed by atoms with Gasteiger partial charge in [0.05, 0.1) is 11.6 Å². The number of aryl methyl sites for hydroxylation is 1. The average molecular weight is 285 g/mol. The Labute approximate surface area is 122 Å². The zero-order chi connectivity index (χ0) is 14.4. The van der Waals surface area contributed by atoms with Crippen LogP contribution in [-0.2, 0) is 6.54 Å². The lowest BCUT2D eigenvalue weighted by Gasteiger charge is -2.06. The summed E-state index contributed by atoms with van der Waals surface area (Å²) in [5, 5.41) is 5.49. The summed E-state index contributed by atoms with van der Waals surface area (Å²) < 4.78 is 0. The van der Waals surface area contributed by atoms with Crippen LogP contribution in [-0.4, -0.2) is 17.4 Å². The van der Waals surface area contributed by atoms with Crippen molar-refractivity contribution in [2.24, 2.45) is 5.73 Å². The number of carbonyl (C=O) groups excluding carboxylic acids is 1. The molecular formula is C15H15N3OS. The molecule has 0 aliphatic carbocycles. The topological polar surface area (TPSA) is 68.0 Å². The van der Waals surface area contributed by atoms with Crippen LogP contribution in [0.15, 0.2) is 29.6 Å². The Morgan fingerprint density at radius 2 is 2.25 bits per heavy atom. The van der Waals surface area contributed by atoms with Crippen LogP contribution >= 0.6 is 11.3 Å². The first-order chi connectivity index (χ1) is 9.70. The molecule has 1 heterocycles. The SMILES string of the molecule is Cc1nc(C(=O)NCc2ccccc2C#CCN)cs1. The number of nitrogens with two attached hydrogens (primary N) is 1. The molecule has 0 saturated carbocycles. The molecule has 3 N–H and O–H groups in total. The Balaban J connectivity index is 2.06. The highest BCUT2D eigenvalue weighted by Gasteiger charge is 2.09. The van der Waals surface area contributed by atoms with E-state index in [0.29, 0.717) is 18.8 Å². The molecule has 0 aliphatic heterocycles. The van der Waals surface area contributed by atoms with Gasteiger partial charge < -0.3 is 11.1 Å². The van der Waals surface area contributed by atoms with E-state index in [-0.39, 0.29) is 5.91 Å². The Morgan fingerprint density at radius 1 is 1.45 bits per heavy atom. The molecule has 1 aromatic heterocycles. The molecule has 20 heavy (non-hydrogen) atoms. The molecule has 0 bridgehead atoms. The van der Waals surface area contributed by atoms with Crippen molar-refractivity contribution in [2.45, 2.75) is 13.5 Å². The molecule has 5 heteroatoms. The summed E-state index contributed by atoms with van der Waals surface area (Å²) in [5.41, 5.74) is 7.68. The monoisotopic (exact) mass is 285 g/mol. The summed E-state index contributed by atoms with van der Waals surface area (Å²) in [5.74, 6) is 5.65. The number of benzene rings is 1. The molecule has 0 aliphatic rings. The minimum atomic E-state index is -0.170. The third kappa shape index (κ3) is 3.67. The highest BCUT2D eigenvalue weighted by molar-refractivity contribution is 7.09. The van der Waals surface area contributed by atoms with Gasteiger partial charge in [0.2, 0.25) is 0 Å². The maximum atomic E-state index is 11.9. The highest BCUT2D eigenvalue weighted by atomic mass is 32.1. The molecule has 102 valence electrons. The van der Waals surface area contributed by atoms with Gasteiger partial charge in [0.15, 0.2) is 0 Å². The number of nitrogens with one attached hydrogen (secondary N) is 1. The van der Waals surface area contributed by atoms with Crippen LogP contribution in [0, 0.1) is 18.8 Å². The fraction of sp³-hybridized carbons (Fsp3) is 0.200. The highest BCUT2D eigenvalue weighted by Crippen LogP contribution is 2.09. The van der Waals surface area contributed by atoms with Gasteiger partial charge in [-0.3, -0.25) is 4.79 Å². The van der Waals surface area contributed by atoms with Gasteiger partial charge >= 0.3 is 0 Å². The van der Waals surface area contributed by atoms with Crippen molar-refractivity contribution in [3.05, 3.63) is 51.5 Å². The number of thiazole rings is 1. The van der Waals surface area contributed by atoms with E-state index < -0.39 is 0 Å². The van der Waals surface area contributed by atoms with Crippen LogP contribution < -0.4 is 11.1 Å². The van der Waals surface area contributed by atoms with Crippen molar-refractivity contribution in [1.29, 1.82) is 0 Å². The van der Waals surface area contributed by atoms with Gasteiger partial charge in [-0.2, -0.15) is 0 Å². The molecule has 0 fully saturated rings. The van der Waals surface area contributed by atoms with Crippen molar-refractivity contribution in [2.75, 3.05) is 6.54 Å². The molecule has 0 atom stereocenters. The van der Waals surface area contributed by atoms with Crippen molar-refractivity contribution >= 4 is 17.2 Å². The fourth-order valence-corrected chi connectivity index (χ4v) is 2.27. The fourth-order valence-electron chi connectivity index (χ4n) is 1.68. The molecule has 2 rings (SSSR count). The average Bonchev–Trinajstić information content (AvgIpc) is 2.90. The summed E-state index contributed by atoms with van der Waals surface area (Å²) in [4.78, 5) is 16.1. The predicted molar refractivity (Wildman–Crippen MR) is 80.4 cm³/mol. The molecule has 0 spiro atoms. The lowest BCUT2D eigenvalue weighted by molar-refractivity contribution is 0.0946. The van der Waals surface area contributed by atoms with Crippen LogP contribution in [0.4, 0.5) is 0 Å². The number of rotatable bonds is 3. The van der Waals surface area contributed by atoms with E-state index in [9.17, 15) is 4.79 Å². The Kier molecular flexibility index (Phi) is 4.88. The third-order valence-electron chi connectivity index (χ3n) is 2.63. The van der Waals surface area contributed by atoms with Crippen molar-refractivity contribution < 1.29 is 4.79 Å². The van der Waals surface area contributed by atoms with E-state index in [1.807, 2.05) is 31.2 Å².